The fourth-order valence-corrected chi connectivity index (χ4v) is 3.07. The average Bonchev–Trinajstić information content (AvgIpc) is 2.48. The van der Waals surface area contributed by atoms with Crippen molar-refractivity contribution in [3.63, 3.8) is 0 Å². The van der Waals surface area contributed by atoms with Gasteiger partial charge in [-0.3, -0.25) is 4.79 Å². The molecule has 0 heterocycles. The minimum Gasteiger partial charge on any atom is -0.481 e. The van der Waals surface area contributed by atoms with Crippen LogP contribution in [-0.4, -0.2) is 23.7 Å². The van der Waals surface area contributed by atoms with E-state index < -0.39 is 5.97 Å². The summed E-state index contributed by atoms with van der Waals surface area (Å²) in [4.78, 5) is 23.0. The lowest BCUT2D eigenvalue weighted by Crippen LogP contribution is -2.38. The predicted molar refractivity (Wildman–Crippen MR) is 89.3 cm³/mol. The smallest absolute Gasteiger partial charge is 0.319 e. The Bertz CT molecular complexity index is 504. The number of nitrogens with one attached hydrogen (secondary N) is 2. The number of anilines is 1. The molecule has 3 N–H and O–H groups in total. The highest BCUT2D eigenvalue weighted by Crippen LogP contribution is 2.29. The van der Waals surface area contributed by atoms with Crippen molar-refractivity contribution in [2.75, 3.05) is 11.9 Å². The maximum absolute atomic E-state index is 11.8. The summed E-state index contributed by atoms with van der Waals surface area (Å²) in [6.07, 6.45) is 3.57. The predicted octanol–water partition coefficient (Wildman–Crippen LogP) is 3.30. The fourth-order valence-electron chi connectivity index (χ4n) is 2.71. The van der Waals surface area contributed by atoms with Crippen LogP contribution < -0.4 is 10.6 Å². The lowest BCUT2D eigenvalue weighted by molar-refractivity contribution is -0.144. The molecule has 2 rings (SSSR count). The van der Waals surface area contributed by atoms with E-state index in [1.54, 1.807) is 0 Å². The minimum atomic E-state index is -0.750. The molecule has 2 unspecified atom stereocenters. The molecular weight excluding hydrogens is 383 g/mol. The molecule has 0 bridgehead atoms. The first-order chi connectivity index (χ1) is 10.1. The largest absolute Gasteiger partial charge is 0.481 e. The Morgan fingerprint density at radius 1 is 1.19 bits per heavy atom. The molecule has 1 aliphatic rings. The molecule has 1 aliphatic carbocycles. The Kier molecular flexibility index (Phi) is 5.84. The molecule has 0 aliphatic heterocycles. The molecule has 1 aromatic carbocycles. The van der Waals surface area contributed by atoms with E-state index in [4.69, 9.17) is 0 Å². The van der Waals surface area contributed by atoms with Gasteiger partial charge in [-0.1, -0.05) is 12.8 Å². The second-order valence-corrected chi connectivity index (χ2v) is 6.58. The molecule has 5 nitrogen and oxygen atoms in total. The zero-order valence-corrected chi connectivity index (χ0v) is 13.8. The summed E-state index contributed by atoms with van der Waals surface area (Å²) in [5.41, 5.74) is 0.728. The summed E-state index contributed by atoms with van der Waals surface area (Å²) in [6.45, 7) is 0.410. The number of hydrogen-bond acceptors (Lipinski definition) is 2. The molecular formula is C15H19IN2O3. The Hall–Kier alpha value is -1.31. The Labute approximate surface area is 137 Å². The van der Waals surface area contributed by atoms with E-state index in [0.29, 0.717) is 13.0 Å². The van der Waals surface area contributed by atoms with E-state index in [1.807, 2.05) is 24.3 Å². The van der Waals surface area contributed by atoms with Crippen molar-refractivity contribution < 1.29 is 14.7 Å². The van der Waals surface area contributed by atoms with E-state index >= 15 is 0 Å². The van der Waals surface area contributed by atoms with Crippen LogP contribution in [0.4, 0.5) is 10.5 Å². The first-order valence-electron chi connectivity index (χ1n) is 7.09. The van der Waals surface area contributed by atoms with Crippen molar-refractivity contribution in [2.24, 2.45) is 11.8 Å². The normalized spacial score (nSPS) is 21.6. The second-order valence-electron chi connectivity index (χ2n) is 5.33. The van der Waals surface area contributed by atoms with Crippen LogP contribution in [0.3, 0.4) is 0 Å². The van der Waals surface area contributed by atoms with Crippen molar-refractivity contribution in [2.45, 2.75) is 25.7 Å². The van der Waals surface area contributed by atoms with Gasteiger partial charge < -0.3 is 15.7 Å². The van der Waals surface area contributed by atoms with E-state index in [0.717, 1.165) is 28.5 Å². The molecule has 2 atom stereocenters. The highest BCUT2D eigenvalue weighted by Gasteiger charge is 2.30. The third-order valence-corrected chi connectivity index (χ3v) is 4.57. The molecule has 6 heteroatoms. The molecule has 21 heavy (non-hydrogen) atoms. The van der Waals surface area contributed by atoms with Crippen molar-refractivity contribution in [3.8, 4) is 0 Å². The van der Waals surface area contributed by atoms with E-state index in [9.17, 15) is 14.7 Å². The van der Waals surface area contributed by atoms with E-state index in [2.05, 4.69) is 33.2 Å². The third kappa shape index (κ3) is 4.87. The van der Waals surface area contributed by atoms with Crippen molar-refractivity contribution in [1.29, 1.82) is 0 Å². The molecule has 114 valence electrons. The zero-order valence-electron chi connectivity index (χ0n) is 11.6. The number of rotatable bonds is 4. The van der Waals surface area contributed by atoms with E-state index in [1.165, 1.54) is 0 Å². The van der Waals surface area contributed by atoms with Gasteiger partial charge in [0.15, 0.2) is 0 Å². The van der Waals surface area contributed by atoms with Gasteiger partial charge in [0.05, 0.1) is 5.92 Å². The quantitative estimate of drug-likeness (QED) is 0.677. The number of amides is 2. The van der Waals surface area contributed by atoms with Gasteiger partial charge in [0.25, 0.3) is 0 Å². The Morgan fingerprint density at radius 2 is 1.86 bits per heavy atom. The Morgan fingerprint density at radius 3 is 2.52 bits per heavy atom. The number of halogens is 1. The van der Waals surface area contributed by atoms with Crippen LogP contribution in [-0.2, 0) is 4.79 Å². The number of carbonyl (C=O) groups excluding carboxylic acids is 1. The summed E-state index contributed by atoms with van der Waals surface area (Å²) < 4.78 is 1.10. The van der Waals surface area contributed by atoms with Gasteiger partial charge in [-0.2, -0.15) is 0 Å². The summed E-state index contributed by atoms with van der Waals surface area (Å²) in [5, 5.41) is 14.7. The second kappa shape index (κ2) is 7.63. The maximum Gasteiger partial charge on any atom is 0.319 e. The van der Waals surface area contributed by atoms with Crippen LogP contribution >= 0.6 is 22.6 Å². The number of hydrogen-bond donors (Lipinski definition) is 3. The molecule has 0 saturated heterocycles. The standard InChI is InChI=1S/C15H19IN2O3/c16-11-5-7-12(8-6-11)18-15(21)17-9-10-3-1-2-4-13(10)14(19)20/h5-8,10,13H,1-4,9H2,(H,19,20)(H2,17,18,21). The lowest BCUT2D eigenvalue weighted by Gasteiger charge is -2.28. The Balaban J connectivity index is 1.82. The van der Waals surface area contributed by atoms with Gasteiger partial charge in [0, 0.05) is 15.8 Å². The molecule has 2 amide bonds. The molecule has 0 spiro atoms. The molecule has 1 saturated carbocycles. The number of urea groups is 1. The van der Waals surface area contributed by atoms with Crippen LogP contribution in [0.25, 0.3) is 0 Å². The van der Waals surface area contributed by atoms with Gasteiger partial charge in [-0.15, -0.1) is 0 Å². The summed E-state index contributed by atoms with van der Waals surface area (Å²) in [6, 6.07) is 7.21. The van der Waals surface area contributed by atoms with Gasteiger partial charge in [-0.05, 0) is 65.6 Å². The first-order valence-corrected chi connectivity index (χ1v) is 8.17. The van der Waals surface area contributed by atoms with Crippen molar-refractivity contribution in [3.05, 3.63) is 27.8 Å². The maximum atomic E-state index is 11.8. The number of carboxylic acids is 1. The number of aliphatic carboxylic acids is 1. The molecule has 1 aromatic rings. The fraction of sp³-hybridized carbons (Fsp3) is 0.467. The monoisotopic (exact) mass is 402 g/mol. The summed E-state index contributed by atoms with van der Waals surface area (Å²) >= 11 is 2.20. The third-order valence-electron chi connectivity index (χ3n) is 3.85. The lowest BCUT2D eigenvalue weighted by atomic mass is 9.79. The van der Waals surface area contributed by atoms with Crippen LogP contribution in [0.2, 0.25) is 0 Å². The molecule has 0 aromatic heterocycles. The van der Waals surface area contributed by atoms with Gasteiger partial charge in [-0.25, -0.2) is 4.79 Å². The topological polar surface area (TPSA) is 78.4 Å². The zero-order chi connectivity index (χ0) is 15.2. The van der Waals surface area contributed by atoms with Crippen LogP contribution in [0.5, 0.6) is 0 Å². The summed E-state index contributed by atoms with van der Waals surface area (Å²) in [5.74, 6) is -1.06. The number of carbonyl (C=O) groups is 2. The highest BCUT2D eigenvalue weighted by atomic mass is 127. The average molecular weight is 402 g/mol. The molecule has 0 radical (unpaired) electrons. The van der Waals surface area contributed by atoms with Crippen molar-refractivity contribution >= 4 is 40.3 Å². The molecule has 1 fully saturated rings. The minimum absolute atomic E-state index is 0.0266. The number of carboxylic acid groups (broad SMARTS) is 1. The van der Waals surface area contributed by atoms with Gasteiger partial charge in [0.2, 0.25) is 0 Å². The van der Waals surface area contributed by atoms with Crippen LogP contribution in [0.15, 0.2) is 24.3 Å². The van der Waals surface area contributed by atoms with Gasteiger partial charge in [0.1, 0.15) is 0 Å². The van der Waals surface area contributed by atoms with Crippen LogP contribution in [0, 0.1) is 15.4 Å². The van der Waals surface area contributed by atoms with Crippen molar-refractivity contribution in [1.82, 2.24) is 5.32 Å². The number of benzene rings is 1. The van der Waals surface area contributed by atoms with E-state index in [-0.39, 0.29) is 17.9 Å². The first kappa shape index (κ1) is 16.1. The summed E-state index contributed by atoms with van der Waals surface area (Å²) in [7, 11) is 0. The SMILES string of the molecule is O=C(NCC1CCCCC1C(=O)O)Nc1ccc(I)cc1. The highest BCUT2D eigenvalue weighted by molar-refractivity contribution is 14.1. The van der Waals surface area contributed by atoms with Crippen LogP contribution in [0.1, 0.15) is 25.7 Å². The van der Waals surface area contributed by atoms with Gasteiger partial charge >= 0.3 is 12.0 Å².